The topological polar surface area (TPSA) is 38.3 Å². The normalized spacial score (nSPS) is 10.6. The van der Waals surface area contributed by atoms with E-state index in [0.29, 0.717) is 6.54 Å². The van der Waals surface area contributed by atoms with Gasteiger partial charge in [0.25, 0.3) is 0 Å². The SMILES string of the molecule is CCOCCCNCC(=O)c1ccc(C)c(C)c1. The number of hydrogen-bond donors (Lipinski definition) is 1. The molecule has 0 spiro atoms. The van der Waals surface area contributed by atoms with Gasteiger partial charge in [0.1, 0.15) is 0 Å². The molecule has 0 aliphatic heterocycles. The molecule has 0 saturated heterocycles. The highest BCUT2D eigenvalue weighted by Crippen LogP contribution is 2.09. The van der Waals surface area contributed by atoms with E-state index < -0.39 is 0 Å². The molecule has 0 bridgehead atoms. The first-order chi connectivity index (χ1) is 8.65. The Morgan fingerprint density at radius 3 is 2.72 bits per heavy atom. The molecule has 1 aromatic carbocycles. The molecule has 0 fully saturated rings. The molecule has 3 nitrogen and oxygen atoms in total. The molecule has 1 N–H and O–H groups in total. The van der Waals surface area contributed by atoms with Gasteiger partial charge >= 0.3 is 0 Å². The standard InChI is InChI=1S/C15H23NO2/c1-4-18-9-5-8-16-11-15(17)14-7-6-12(2)13(3)10-14/h6-7,10,16H,4-5,8-9,11H2,1-3H3. The van der Waals surface area contributed by atoms with Crippen molar-refractivity contribution in [3.05, 3.63) is 34.9 Å². The number of hydrogen-bond acceptors (Lipinski definition) is 3. The van der Waals surface area contributed by atoms with Gasteiger partial charge in [-0.1, -0.05) is 12.1 Å². The fourth-order valence-electron chi connectivity index (χ4n) is 1.66. The molecule has 0 amide bonds. The summed E-state index contributed by atoms with van der Waals surface area (Å²) in [6.45, 7) is 8.78. The van der Waals surface area contributed by atoms with E-state index in [4.69, 9.17) is 4.74 Å². The highest BCUT2D eigenvalue weighted by Gasteiger charge is 2.05. The van der Waals surface area contributed by atoms with Crippen molar-refractivity contribution in [2.45, 2.75) is 27.2 Å². The second kappa shape index (κ2) is 8.01. The third-order valence-electron chi connectivity index (χ3n) is 2.96. The lowest BCUT2D eigenvalue weighted by atomic mass is 10.0. The van der Waals surface area contributed by atoms with Crippen LogP contribution in [0, 0.1) is 13.8 Å². The summed E-state index contributed by atoms with van der Waals surface area (Å²) in [7, 11) is 0. The average Bonchev–Trinajstić information content (AvgIpc) is 2.36. The van der Waals surface area contributed by atoms with Gasteiger partial charge < -0.3 is 10.1 Å². The Morgan fingerprint density at radius 1 is 1.28 bits per heavy atom. The summed E-state index contributed by atoms with van der Waals surface area (Å²) in [4.78, 5) is 11.9. The highest BCUT2D eigenvalue weighted by molar-refractivity contribution is 5.97. The molecule has 0 saturated carbocycles. The van der Waals surface area contributed by atoms with Crippen molar-refractivity contribution in [1.29, 1.82) is 0 Å². The summed E-state index contributed by atoms with van der Waals surface area (Å²) < 4.78 is 5.23. The van der Waals surface area contributed by atoms with Gasteiger partial charge in [-0.15, -0.1) is 0 Å². The van der Waals surface area contributed by atoms with Crippen LogP contribution in [-0.4, -0.2) is 32.1 Å². The van der Waals surface area contributed by atoms with E-state index in [1.807, 2.05) is 32.0 Å². The Hall–Kier alpha value is -1.19. The average molecular weight is 249 g/mol. The maximum atomic E-state index is 11.9. The van der Waals surface area contributed by atoms with Crippen LogP contribution in [0.5, 0.6) is 0 Å². The number of ketones is 1. The second-order valence-corrected chi connectivity index (χ2v) is 4.45. The smallest absolute Gasteiger partial charge is 0.176 e. The van der Waals surface area contributed by atoms with Crippen molar-refractivity contribution in [1.82, 2.24) is 5.32 Å². The number of rotatable bonds is 8. The van der Waals surface area contributed by atoms with Gasteiger partial charge in [0.2, 0.25) is 0 Å². The quantitative estimate of drug-likeness (QED) is 0.568. The molecule has 0 aliphatic carbocycles. The van der Waals surface area contributed by atoms with Crippen LogP contribution in [0.15, 0.2) is 18.2 Å². The Balaban J connectivity index is 2.30. The van der Waals surface area contributed by atoms with Crippen LogP contribution in [0.25, 0.3) is 0 Å². The lowest BCUT2D eigenvalue weighted by Gasteiger charge is -2.06. The summed E-state index contributed by atoms with van der Waals surface area (Å²) in [5.41, 5.74) is 3.17. The van der Waals surface area contributed by atoms with Gasteiger partial charge in [0, 0.05) is 18.8 Å². The van der Waals surface area contributed by atoms with E-state index in [9.17, 15) is 4.79 Å². The first-order valence-electron chi connectivity index (χ1n) is 6.54. The van der Waals surface area contributed by atoms with Crippen molar-refractivity contribution >= 4 is 5.78 Å². The van der Waals surface area contributed by atoms with Crippen LogP contribution in [0.4, 0.5) is 0 Å². The number of carbonyl (C=O) groups excluding carboxylic acids is 1. The lowest BCUT2D eigenvalue weighted by molar-refractivity contribution is 0.0988. The minimum absolute atomic E-state index is 0.148. The first kappa shape index (κ1) is 14.9. The highest BCUT2D eigenvalue weighted by atomic mass is 16.5. The predicted octanol–water partition coefficient (Wildman–Crippen LogP) is 2.50. The van der Waals surface area contributed by atoms with Crippen molar-refractivity contribution in [3.8, 4) is 0 Å². The van der Waals surface area contributed by atoms with Gasteiger partial charge in [-0.3, -0.25) is 4.79 Å². The largest absolute Gasteiger partial charge is 0.382 e. The number of aryl methyl sites for hydroxylation is 2. The molecule has 1 aromatic rings. The molecule has 0 aliphatic rings. The Labute approximate surface area is 110 Å². The molecular formula is C15H23NO2. The summed E-state index contributed by atoms with van der Waals surface area (Å²) >= 11 is 0. The number of carbonyl (C=O) groups is 1. The van der Waals surface area contributed by atoms with E-state index in [2.05, 4.69) is 12.2 Å². The molecule has 100 valence electrons. The summed E-state index contributed by atoms with van der Waals surface area (Å²) in [6.07, 6.45) is 0.939. The Bertz CT molecular complexity index is 388. The third kappa shape index (κ3) is 4.98. The Kier molecular flexibility index (Phi) is 6.61. The lowest BCUT2D eigenvalue weighted by Crippen LogP contribution is -2.24. The zero-order valence-electron chi connectivity index (χ0n) is 11.6. The minimum Gasteiger partial charge on any atom is -0.382 e. The van der Waals surface area contributed by atoms with E-state index >= 15 is 0 Å². The van der Waals surface area contributed by atoms with Crippen molar-refractivity contribution in [2.24, 2.45) is 0 Å². The summed E-state index contributed by atoms with van der Waals surface area (Å²) in [6, 6.07) is 5.85. The van der Waals surface area contributed by atoms with Crippen LogP contribution in [-0.2, 0) is 4.74 Å². The maximum absolute atomic E-state index is 11.9. The zero-order chi connectivity index (χ0) is 13.4. The van der Waals surface area contributed by atoms with Crippen molar-refractivity contribution in [3.63, 3.8) is 0 Å². The van der Waals surface area contributed by atoms with Gasteiger partial charge in [-0.25, -0.2) is 0 Å². The number of ether oxygens (including phenoxy) is 1. The van der Waals surface area contributed by atoms with Crippen LogP contribution in [0.3, 0.4) is 0 Å². The fraction of sp³-hybridized carbons (Fsp3) is 0.533. The summed E-state index contributed by atoms with van der Waals surface area (Å²) in [5.74, 6) is 0.148. The molecule has 0 radical (unpaired) electrons. The fourth-order valence-corrected chi connectivity index (χ4v) is 1.66. The molecule has 0 unspecified atom stereocenters. The predicted molar refractivity (Wildman–Crippen MR) is 74.2 cm³/mol. The molecule has 0 heterocycles. The Morgan fingerprint density at radius 2 is 2.06 bits per heavy atom. The molecule has 3 heteroatoms. The van der Waals surface area contributed by atoms with E-state index in [1.165, 1.54) is 5.56 Å². The molecule has 0 aromatic heterocycles. The van der Waals surface area contributed by atoms with Crippen LogP contribution in [0.1, 0.15) is 34.8 Å². The minimum atomic E-state index is 0.148. The van der Waals surface area contributed by atoms with Crippen molar-refractivity contribution in [2.75, 3.05) is 26.3 Å². The van der Waals surface area contributed by atoms with E-state index in [0.717, 1.165) is 37.3 Å². The number of nitrogens with one attached hydrogen (secondary N) is 1. The van der Waals surface area contributed by atoms with Gasteiger partial charge in [-0.05, 0) is 50.9 Å². The third-order valence-corrected chi connectivity index (χ3v) is 2.96. The van der Waals surface area contributed by atoms with E-state index in [1.54, 1.807) is 0 Å². The molecule has 18 heavy (non-hydrogen) atoms. The summed E-state index contributed by atoms with van der Waals surface area (Å²) in [5, 5.41) is 3.15. The maximum Gasteiger partial charge on any atom is 0.176 e. The van der Waals surface area contributed by atoms with Crippen LogP contribution in [0.2, 0.25) is 0 Å². The molecular weight excluding hydrogens is 226 g/mol. The second-order valence-electron chi connectivity index (χ2n) is 4.45. The van der Waals surface area contributed by atoms with Crippen LogP contribution < -0.4 is 5.32 Å². The van der Waals surface area contributed by atoms with Gasteiger partial charge in [0.15, 0.2) is 5.78 Å². The number of Topliss-reactive ketones (excluding diaryl/α,β-unsaturated/α-hetero) is 1. The van der Waals surface area contributed by atoms with Crippen molar-refractivity contribution < 1.29 is 9.53 Å². The van der Waals surface area contributed by atoms with Gasteiger partial charge in [-0.2, -0.15) is 0 Å². The zero-order valence-corrected chi connectivity index (χ0v) is 11.6. The molecule has 1 rings (SSSR count). The molecule has 0 atom stereocenters. The first-order valence-corrected chi connectivity index (χ1v) is 6.54. The monoisotopic (exact) mass is 249 g/mol. The number of benzene rings is 1. The van der Waals surface area contributed by atoms with E-state index in [-0.39, 0.29) is 5.78 Å². The van der Waals surface area contributed by atoms with Crippen LogP contribution >= 0.6 is 0 Å². The van der Waals surface area contributed by atoms with Gasteiger partial charge in [0.05, 0.1) is 6.54 Å².